The molecular formula is C62H69N9O6S3. The summed E-state index contributed by atoms with van der Waals surface area (Å²) in [6.45, 7) is 8.99. The van der Waals surface area contributed by atoms with Gasteiger partial charge in [-0.2, -0.15) is 8.61 Å². The van der Waals surface area contributed by atoms with Crippen LogP contribution in [-0.2, 0) is 30.1 Å². The Bertz CT molecular complexity index is 4170. The topological polar surface area (TPSA) is 169 Å². The van der Waals surface area contributed by atoms with Gasteiger partial charge in [-0.15, -0.1) is 0 Å². The molecule has 18 heteroatoms. The van der Waals surface area contributed by atoms with Gasteiger partial charge in [-0.25, -0.2) is 29.6 Å². The number of aromatic nitrogens is 3. The van der Waals surface area contributed by atoms with Crippen molar-refractivity contribution >= 4 is 79.8 Å². The number of nitrogens with one attached hydrogen (secondary N) is 3. The van der Waals surface area contributed by atoms with Gasteiger partial charge in [-0.3, -0.25) is 0 Å². The second-order valence-electron chi connectivity index (χ2n) is 22.4. The van der Waals surface area contributed by atoms with Crippen molar-refractivity contribution in [1.29, 1.82) is 0 Å². The number of aromatic amines is 3. The second kappa shape index (κ2) is 20.9. The summed E-state index contributed by atoms with van der Waals surface area (Å²) < 4.78 is 88.9. The van der Waals surface area contributed by atoms with Gasteiger partial charge >= 0.3 is 0 Å². The molecule has 6 aromatic carbocycles. The molecule has 2 unspecified atom stereocenters. The minimum absolute atomic E-state index is 0.0687. The Balaban J connectivity index is 0.787. The predicted octanol–water partition coefficient (Wildman–Crippen LogP) is 10.9. The van der Waals surface area contributed by atoms with E-state index in [1.54, 1.807) is 50.5 Å². The molecule has 0 aliphatic carbocycles. The smallest absolute Gasteiger partial charge is 0.242 e. The van der Waals surface area contributed by atoms with Gasteiger partial charge in [0.15, 0.2) is 0 Å². The molecule has 3 aromatic heterocycles. The average Bonchev–Trinajstić information content (AvgIpc) is 4.44. The Morgan fingerprint density at radius 1 is 0.475 bits per heavy atom. The molecule has 12 rings (SSSR count). The maximum atomic E-state index is 14.7. The number of para-hydroxylation sites is 2. The maximum absolute atomic E-state index is 14.7. The summed E-state index contributed by atoms with van der Waals surface area (Å²) in [5.74, 6) is 0.728. The molecule has 0 amide bonds. The number of aryl methyl sites for hydroxylation is 2. The molecule has 3 aliphatic rings. The first-order valence-corrected chi connectivity index (χ1v) is 31.9. The van der Waals surface area contributed by atoms with Gasteiger partial charge in [0.2, 0.25) is 30.1 Å². The third kappa shape index (κ3) is 9.76. The Kier molecular flexibility index (Phi) is 14.0. The van der Waals surface area contributed by atoms with Gasteiger partial charge in [-0.05, 0) is 147 Å². The molecule has 3 N–H and O–H groups in total. The fourth-order valence-electron chi connectivity index (χ4n) is 12.5. The summed E-state index contributed by atoms with van der Waals surface area (Å²) in [5, 5.41) is 3.16. The first-order chi connectivity index (χ1) is 38.3. The van der Waals surface area contributed by atoms with E-state index in [1.807, 2.05) is 61.5 Å². The van der Waals surface area contributed by atoms with E-state index in [2.05, 4.69) is 79.0 Å². The number of fused-ring (bicyclic) bond motifs is 3. The second-order valence-corrected chi connectivity index (χ2v) is 28.6. The van der Waals surface area contributed by atoms with Crippen molar-refractivity contribution in [3.8, 4) is 33.8 Å². The van der Waals surface area contributed by atoms with E-state index in [0.717, 1.165) is 160 Å². The molecule has 6 heterocycles. The number of rotatable bonds is 16. The summed E-state index contributed by atoms with van der Waals surface area (Å²) in [6.07, 6.45) is 4.09. The van der Waals surface area contributed by atoms with Gasteiger partial charge in [0.25, 0.3) is 0 Å². The molecule has 416 valence electrons. The third-order valence-electron chi connectivity index (χ3n) is 17.2. The number of H-pyrrole nitrogens is 3. The standard InChI is InChI=1S/C62H69N9O6S3/c1-41-17-18-44-35-58(64-56(44)33-41)51-37-48(20-22-59(51)69-27-11-12-28-69)79(74,75)67(5)31-32-68(6)80(76,77)49-21-24-61(53(38-49)62-42(2)50-14-8-10-16-55(50)65-62)71-30-26-46(40-71)45-25-29-70(39-45)60-23-19-47(78(72,73)66(3)4)36-52(60)57-34-43-13-7-9-15-54(43)63-57/h7-10,13-24,33-38,45-46,63-65H,11-12,25-32,39-40H2,1-6H3. The average molecular weight is 1130 g/mol. The third-order valence-corrected chi connectivity index (χ3v) is 22.7. The van der Waals surface area contributed by atoms with E-state index < -0.39 is 30.1 Å². The van der Waals surface area contributed by atoms with Crippen LogP contribution in [0.5, 0.6) is 0 Å². The van der Waals surface area contributed by atoms with Crippen LogP contribution in [0.25, 0.3) is 66.5 Å². The first-order valence-electron chi connectivity index (χ1n) is 27.6. The largest absolute Gasteiger partial charge is 0.371 e. The SMILES string of the molecule is Cc1ccc2cc(-c3cc(S(=O)(=O)N(C)CCN(C)S(=O)(=O)c4ccc(N5CCC(C6CCN(c7ccc(S(=O)(=O)N(C)C)cc7-c7cc8ccccc8[nH]7)C6)C5)c(-c5[nH]c6ccccc6c5C)c4)ccc3N3CCCC3)[nH]c2c1. The highest BCUT2D eigenvalue weighted by molar-refractivity contribution is 7.89. The lowest BCUT2D eigenvalue weighted by Gasteiger charge is -2.26. The van der Waals surface area contributed by atoms with Crippen LogP contribution in [0.3, 0.4) is 0 Å². The van der Waals surface area contributed by atoms with Crippen molar-refractivity contribution < 1.29 is 25.3 Å². The van der Waals surface area contributed by atoms with E-state index >= 15 is 0 Å². The highest BCUT2D eigenvalue weighted by atomic mass is 32.2. The van der Waals surface area contributed by atoms with Crippen molar-refractivity contribution in [2.75, 3.05) is 95.2 Å². The number of hydrogen-bond donors (Lipinski definition) is 3. The van der Waals surface area contributed by atoms with Crippen LogP contribution >= 0.6 is 0 Å². The molecule has 3 fully saturated rings. The van der Waals surface area contributed by atoms with Crippen LogP contribution in [0.1, 0.15) is 36.8 Å². The predicted molar refractivity (Wildman–Crippen MR) is 323 cm³/mol. The van der Waals surface area contributed by atoms with Gasteiger partial charge in [-0.1, -0.05) is 48.5 Å². The van der Waals surface area contributed by atoms with Gasteiger partial charge < -0.3 is 29.7 Å². The number of nitrogens with zero attached hydrogens (tertiary/aromatic N) is 6. The fraction of sp³-hybridized carbons (Fsp3) is 0.323. The highest BCUT2D eigenvalue weighted by Crippen LogP contribution is 2.44. The lowest BCUT2D eigenvalue weighted by atomic mass is 9.91. The van der Waals surface area contributed by atoms with Crippen molar-refractivity contribution in [2.45, 2.75) is 54.2 Å². The van der Waals surface area contributed by atoms with Gasteiger partial charge in [0.05, 0.1) is 20.4 Å². The summed E-state index contributed by atoms with van der Waals surface area (Å²) in [6, 6.07) is 42.8. The van der Waals surface area contributed by atoms with E-state index in [4.69, 9.17) is 0 Å². The van der Waals surface area contributed by atoms with Crippen molar-refractivity contribution in [3.63, 3.8) is 0 Å². The molecule has 80 heavy (non-hydrogen) atoms. The van der Waals surface area contributed by atoms with Gasteiger partial charge in [0, 0.05) is 158 Å². The van der Waals surface area contributed by atoms with Gasteiger partial charge in [0.1, 0.15) is 0 Å². The van der Waals surface area contributed by atoms with E-state index in [1.165, 1.54) is 27.0 Å². The minimum Gasteiger partial charge on any atom is -0.371 e. The molecule has 3 aliphatic heterocycles. The molecule has 0 saturated carbocycles. The lowest BCUT2D eigenvalue weighted by molar-refractivity contribution is 0.393. The summed E-state index contributed by atoms with van der Waals surface area (Å²) >= 11 is 0. The van der Waals surface area contributed by atoms with Crippen molar-refractivity contribution in [3.05, 3.63) is 145 Å². The summed E-state index contributed by atoms with van der Waals surface area (Å²) in [4.78, 5) is 18.4. The van der Waals surface area contributed by atoms with Crippen LogP contribution in [0.2, 0.25) is 0 Å². The van der Waals surface area contributed by atoms with Crippen LogP contribution in [-0.4, -0.2) is 134 Å². The molecule has 3 saturated heterocycles. The zero-order valence-corrected chi connectivity index (χ0v) is 48.6. The number of hydrogen-bond acceptors (Lipinski definition) is 9. The van der Waals surface area contributed by atoms with E-state index in [9.17, 15) is 25.3 Å². The molecule has 0 spiro atoms. The van der Waals surface area contributed by atoms with Crippen molar-refractivity contribution in [1.82, 2.24) is 27.9 Å². The molecule has 0 radical (unpaired) electrons. The van der Waals surface area contributed by atoms with Crippen LogP contribution < -0.4 is 14.7 Å². The van der Waals surface area contributed by atoms with E-state index in [0.29, 0.717) is 11.8 Å². The maximum Gasteiger partial charge on any atom is 0.242 e. The zero-order valence-electron chi connectivity index (χ0n) is 46.2. The van der Waals surface area contributed by atoms with E-state index in [-0.39, 0.29) is 27.8 Å². The zero-order chi connectivity index (χ0) is 55.8. The number of anilines is 3. The van der Waals surface area contributed by atoms with Crippen molar-refractivity contribution in [2.24, 2.45) is 11.8 Å². The minimum atomic E-state index is -4.11. The molecule has 0 bridgehead atoms. The quantitative estimate of drug-likeness (QED) is 0.0852. The number of likely N-dealkylation sites (N-methyl/N-ethyl adjacent to an activating group) is 2. The highest BCUT2D eigenvalue weighted by Gasteiger charge is 2.37. The lowest BCUT2D eigenvalue weighted by Crippen LogP contribution is -2.37. The molecule has 15 nitrogen and oxygen atoms in total. The summed E-state index contributed by atoms with van der Waals surface area (Å²) in [5.41, 5.74) is 13.0. The Labute approximate surface area is 470 Å². The number of benzene rings is 6. The monoisotopic (exact) mass is 1130 g/mol. The Morgan fingerprint density at radius 3 is 1.52 bits per heavy atom. The van der Waals surface area contributed by atoms with Crippen LogP contribution in [0, 0.1) is 25.7 Å². The molecular weight excluding hydrogens is 1060 g/mol. The Hall–Kier alpha value is -6.93. The first kappa shape index (κ1) is 53.7. The number of sulfonamides is 3. The molecule has 2 atom stereocenters. The summed E-state index contributed by atoms with van der Waals surface area (Å²) in [7, 11) is -5.71. The van der Waals surface area contributed by atoms with Crippen LogP contribution in [0.4, 0.5) is 17.1 Å². The fourth-order valence-corrected chi connectivity index (χ4v) is 15.8. The normalized spacial score (nSPS) is 17.5. The Morgan fingerprint density at radius 2 is 0.963 bits per heavy atom. The molecule has 9 aromatic rings. The van der Waals surface area contributed by atoms with Crippen LogP contribution in [0.15, 0.2) is 148 Å².